The van der Waals surface area contributed by atoms with E-state index in [-0.39, 0.29) is 5.91 Å². The first-order valence-electron chi connectivity index (χ1n) is 6.25. The first-order valence-corrected chi connectivity index (χ1v) is 6.25. The van der Waals surface area contributed by atoms with E-state index in [1.165, 1.54) is 0 Å². The molecule has 1 aromatic carbocycles. The standard InChI is InChI=1S/C15H17NO2/c17-14(9-8-13-6-2-1-3-7-13)16-12-15(18)10-4-5-11-15/h1-3,6-7,18H,4-5,10-12H2,(H,16,17). The van der Waals surface area contributed by atoms with Gasteiger partial charge < -0.3 is 10.4 Å². The van der Waals surface area contributed by atoms with Crippen molar-refractivity contribution in [3.05, 3.63) is 35.9 Å². The van der Waals surface area contributed by atoms with Crippen LogP contribution in [0.1, 0.15) is 31.2 Å². The maximum Gasteiger partial charge on any atom is 0.296 e. The lowest BCUT2D eigenvalue weighted by atomic mass is 10.0. The fourth-order valence-electron chi connectivity index (χ4n) is 2.15. The summed E-state index contributed by atoms with van der Waals surface area (Å²) in [5.41, 5.74) is 0.0941. The maximum absolute atomic E-state index is 11.5. The number of nitrogens with one attached hydrogen (secondary N) is 1. The van der Waals surface area contributed by atoms with Gasteiger partial charge in [0.2, 0.25) is 0 Å². The Hall–Kier alpha value is -1.79. The third kappa shape index (κ3) is 3.61. The first-order chi connectivity index (χ1) is 8.68. The van der Waals surface area contributed by atoms with Crippen LogP contribution >= 0.6 is 0 Å². The summed E-state index contributed by atoms with van der Waals surface area (Å²) in [6.45, 7) is 0.301. The molecule has 2 rings (SSSR count). The summed E-state index contributed by atoms with van der Waals surface area (Å²) >= 11 is 0. The molecule has 2 N–H and O–H groups in total. The lowest BCUT2D eigenvalue weighted by Crippen LogP contribution is -2.40. The average molecular weight is 243 g/mol. The van der Waals surface area contributed by atoms with Gasteiger partial charge in [-0.05, 0) is 25.0 Å². The summed E-state index contributed by atoms with van der Waals surface area (Å²) in [5.74, 6) is 4.98. The predicted octanol–water partition coefficient (Wildman–Crippen LogP) is 1.46. The van der Waals surface area contributed by atoms with Gasteiger partial charge in [-0.15, -0.1) is 0 Å². The van der Waals surface area contributed by atoms with Crippen LogP contribution in [0.2, 0.25) is 0 Å². The van der Waals surface area contributed by atoms with Crippen LogP contribution in [0.15, 0.2) is 30.3 Å². The molecule has 1 amide bonds. The van der Waals surface area contributed by atoms with Crippen LogP contribution in [0.3, 0.4) is 0 Å². The number of amides is 1. The average Bonchev–Trinajstić information content (AvgIpc) is 2.83. The molecule has 1 aliphatic carbocycles. The van der Waals surface area contributed by atoms with Crippen molar-refractivity contribution in [2.24, 2.45) is 0 Å². The number of carbonyl (C=O) groups excluding carboxylic acids is 1. The SMILES string of the molecule is O=C(C#Cc1ccccc1)NCC1(O)CCCC1. The molecular formula is C15H17NO2. The Morgan fingerprint density at radius 3 is 2.61 bits per heavy atom. The number of carbonyl (C=O) groups is 1. The van der Waals surface area contributed by atoms with Gasteiger partial charge in [-0.3, -0.25) is 4.79 Å². The molecule has 1 fully saturated rings. The van der Waals surface area contributed by atoms with E-state index in [9.17, 15) is 9.90 Å². The van der Waals surface area contributed by atoms with Crippen LogP contribution in [0.25, 0.3) is 0 Å². The minimum atomic E-state index is -0.718. The van der Waals surface area contributed by atoms with Crippen molar-refractivity contribution in [1.82, 2.24) is 5.32 Å². The topological polar surface area (TPSA) is 49.3 Å². The molecule has 0 saturated heterocycles. The van der Waals surface area contributed by atoms with Gasteiger partial charge >= 0.3 is 0 Å². The largest absolute Gasteiger partial charge is 0.388 e. The molecule has 94 valence electrons. The second kappa shape index (κ2) is 5.70. The number of hydrogen-bond acceptors (Lipinski definition) is 2. The van der Waals surface area contributed by atoms with Gasteiger partial charge in [0.05, 0.1) is 5.60 Å². The second-order valence-corrected chi connectivity index (χ2v) is 4.73. The zero-order valence-electron chi connectivity index (χ0n) is 10.3. The van der Waals surface area contributed by atoms with Gasteiger partial charge in [-0.2, -0.15) is 0 Å². The third-order valence-electron chi connectivity index (χ3n) is 3.21. The van der Waals surface area contributed by atoms with Crippen LogP contribution in [-0.2, 0) is 4.79 Å². The highest BCUT2D eigenvalue weighted by Crippen LogP contribution is 2.28. The Kier molecular flexibility index (Phi) is 4.01. The van der Waals surface area contributed by atoms with E-state index in [1.807, 2.05) is 30.3 Å². The molecule has 1 aromatic rings. The Morgan fingerprint density at radius 2 is 1.94 bits per heavy atom. The lowest BCUT2D eigenvalue weighted by molar-refractivity contribution is -0.116. The zero-order valence-corrected chi connectivity index (χ0v) is 10.3. The van der Waals surface area contributed by atoms with E-state index in [0.717, 1.165) is 31.2 Å². The van der Waals surface area contributed by atoms with Gasteiger partial charge in [0, 0.05) is 18.0 Å². The number of aliphatic hydroxyl groups is 1. The van der Waals surface area contributed by atoms with Crippen molar-refractivity contribution >= 4 is 5.91 Å². The Bertz CT molecular complexity index is 464. The van der Waals surface area contributed by atoms with Crippen molar-refractivity contribution < 1.29 is 9.90 Å². The molecular weight excluding hydrogens is 226 g/mol. The van der Waals surface area contributed by atoms with Gasteiger partial charge in [0.25, 0.3) is 5.91 Å². The number of hydrogen-bond donors (Lipinski definition) is 2. The van der Waals surface area contributed by atoms with Crippen molar-refractivity contribution in [2.45, 2.75) is 31.3 Å². The molecule has 0 spiro atoms. The molecule has 3 heteroatoms. The molecule has 1 aliphatic rings. The van der Waals surface area contributed by atoms with E-state index in [0.29, 0.717) is 6.54 Å². The molecule has 0 aliphatic heterocycles. The molecule has 0 bridgehead atoms. The summed E-state index contributed by atoms with van der Waals surface area (Å²) in [4.78, 5) is 11.5. The molecule has 0 aromatic heterocycles. The molecule has 0 atom stereocenters. The molecule has 0 unspecified atom stereocenters. The first kappa shape index (κ1) is 12.7. The van der Waals surface area contributed by atoms with Crippen LogP contribution in [0.5, 0.6) is 0 Å². The van der Waals surface area contributed by atoms with E-state index in [2.05, 4.69) is 17.2 Å². The smallest absolute Gasteiger partial charge is 0.296 e. The van der Waals surface area contributed by atoms with Gasteiger partial charge in [0.15, 0.2) is 0 Å². The van der Waals surface area contributed by atoms with Crippen LogP contribution in [0, 0.1) is 11.8 Å². The zero-order chi connectivity index (χ0) is 12.8. The second-order valence-electron chi connectivity index (χ2n) is 4.73. The summed E-state index contributed by atoms with van der Waals surface area (Å²) < 4.78 is 0. The molecule has 1 saturated carbocycles. The quantitative estimate of drug-likeness (QED) is 0.773. The highest BCUT2D eigenvalue weighted by Gasteiger charge is 2.30. The van der Waals surface area contributed by atoms with Gasteiger partial charge in [-0.25, -0.2) is 0 Å². The Labute approximate surface area is 107 Å². The lowest BCUT2D eigenvalue weighted by Gasteiger charge is -2.21. The van der Waals surface area contributed by atoms with Gasteiger partial charge in [-0.1, -0.05) is 37.0 Å². The fraction of sp³-hybridized carbons (Fsp3) is 0.400. The molecule has 0 radical (unpaired) electrons. The van der Waals surface area contributed by atoms with Crippen molar-refractivity contribution in [3.8, 4) is 11.8 Å². The van der Waals surface area contributed by atoms with E-state index < -0.39 is 5.60 Å². The maximum atomic E-state index is 11.5. The summed E-state index contributed by atoms with van der Waals surface area (Å²) in [7, 11) is 0. The fourth-order valence-corrected chi connectivity index (χ4v) is 2.15. The Balaban J connectivity index is 1.84. The van der Waals surface area contributed by atoms with Crippen molar-refractivity contribution in [3.63, 3.8) is 0 Å². The minimum Gasteiger partial charge on any atom is -0.388 e. The van der Waals surface area contributed by atoms with Gasteiger partial charge in [0.1, 0.15) is 0 Å². The monoisotopic (exact) mass is 243 g/mol. The highest BCUT2D eigenvalue weighted by molar-refractivity contribution is 5.94. The van der Waals surface area contributed by atoms with Crippen LogP contribution < -0.4 is 5.32 Å². The Morgan fingerprint density at radius 1 is 1.28 bits per heavy atom. The number of benzene rings is 1. The van der Waals surface area contributed by atoms with Crippen LogP contribution in [0.4, 0.5) is 0 Å². The molecule has 3 nitrogen and oxygen atoms in total. The number of rotatable bonds is 2. The van der Waals surface area contributed by atoms with Crippen molar-refractivity contribution in [2.75, 3.05) is 6.54 Å². The van der Waals surface area contributed by atoms with Crippen molar-refractivity contribution in [1.29, 1.82) is 0 Å². The predicted molar refractivity (Wildman–Crippen MR) is 69.7 cm³/mol. The highest BCUT2D eigenvalue weighted by atomic mass is 16.3. The van der Waals surface area contributed by atoms with Crippen LogP contribution in [-0.4, -0.2) is 23.2 Å². The third-order valence-corrected chi connectivity index (χ3v) is 3.21. The summed E-state index contributed by atoms with van der Waals surface area (Å²) in [5, 5.41) is 12.7. The molecule has 18 heavy (non-hydrogen) atoms. The summed E-state index contributed by atoms with van der Waals surface area (Å²) in [6, 6.07) is 9.36. The summed E-state index contributed by atoms with van der Waals surface area (Å²) in [6.07, 6.45) is 3.59. The molecule has 0 heterocycles. The normalized spacial score (nSPS) is 16.7. The van der Waals surface area contributed by atoms with E-state index >= 15 is 0 Å². The van der Waals surface area contributed by atoms with E-state index in [1.54, 1.807) is 0 Å². The van der Waals surface area contributed by atoms with E-state index in [4.69, 9.17) is 0 Å². The minimum absolute atomic E-state index is 0.301.